The first kappa shape index (κ1) is 16.7. The van der Waals surface area contributed by atoms with Crippen LogP contribution in [0.5, 0.6) is 5.75 Å². The Balaban J connectivity index is 1.45. The van der Waals surface area contributed by atoms with E-state index < -0.39 is 0 Å². The standard InChI is InChI=1S/C21H20BrNO/c22-20-10-6-19(7-11-20)16-24-21-12-8-18(9-13-21)15-23-14-17-4-2-1-3-5-17/h1-13,23H,14-16H2. The lowest BCUT2D eigenvalue weighted by molar-refractivity contribution is 0.306. The summed E-state index contributed by atoms with van der Waals surface area (Å²) in [6.07, 6.45) is 0. The summed E-state index contributed by atoms with van der Waals surface area (Å²) >= 11 is 3.44. The van der Waals surface area contributed by atoms with Gasteiger partial charge >= 0.3 is 0 Å². The van der Waals surface area contributed by atoms with Crippen molar-refractivity contribution in [3.05, 3.63) is 100 Å². The first-order valence-corrected chi connectivity index (χ1v) is 8.80. The fourth-order valence-corrected chi connectivity index (χ4v) is 2.66. The third kappa shape index (κ3) is 5.22. The van der Waals surface area contributed by atoms with E-state index in [9.17, 15) is 0 Å². The number of hydrogen-bond donors (Lipinski definition) is 1. The quantitative estimate of drug-likeness (QED) is 0.597. The predicted octanol–water partition coefficient (Wildman–Crippen LogP) is 5.32. The van der Waals surface area contributed by atoms with Gasteiger partial charge < -0.3 is 10.1 Å². The van der Waals surface area contributed by atoms with E-state index in [-0.39, 0.29) is 0 Å². The molecule has 1 N–H and O–H groups in total. The Hall–Kier alpha value is -2.10. The van der Waals surface area contributed by atoms with Gasteiger partial charge in [0.15, 0.2) is 0 Å². The van der Waals surface area contributed by atoms with Crippen LogP contribution in [0.3, 0.4) is 0 Å². The second kappa shape index (κ2) is 8.67. The molecule has 3 aromatic carbocycles. The monoisotopic (exact) mass is 381 g/mol. The molecule has 3 aromatic rings. The Morgan fingerprint density at radius 3 is 1.92 bits per heavy atom. The molecule has 0 fully saturated rings. The van der Waals surface area contributed by atoms with Gasteiger partial charge in [0.05, 0.1) is 0 Å². The van der Waals surface area contributed by atoms with E-state index in [4.69, 9.17) is 4.74 Å². The molecule has 122 valence electrons. The van der Waals surface area contributed by atoms with Crippen molar-refractivity contribution < 1.29 is 4.74 Å². The number of benzene rings is 3. The average Bonchev–Trinajstić information content (AvgIpc) is 2.63. The minimum atomic E-state index is 0.582. The molecule has 3 rings (SSSR count). The summed E-state index contributed by atoms with van der Waals surface area (Å²) in [5, 5.41) is 3.46. The molecule has 0 radical (unpaired) electrons. The van der Waals surface area contributed by atoms with Gasteiger partial charge in [-0.1, -0.05) is 70.5 Å². The highest BCUT2D eigenvalue weighted by Gasteiger charge is 1.98. The normalized spacial score (nSPS) is 10.5. The zero-order valence-electron chi connectivity index (χ0n) is 13.4. The highest BCUT2D eigenvalue weighted by Crippen LogP contribution is 2.16. The first-order valence-electron chi connectivity index (χ1n) is 8.00. The number of rotatable bonds is 7. The minimum absolute atomic E-state index is 0.582. The maximum absolute atomic E-state index is 5.82. The molecule has 0 saturated heterocycles. The molecule has 0 aliphatic carbocycles. The number of nitrogens with one attached hydrogen (secondary N) is 1. The van der Waals surface area contributed by atoms with Gasteiger partial charge in [-0.05, 0) is 41.0 Å². The van der Waals surface area contributed by atoms with Crippen molar-refractivity contribution in [2.45, 2.75) is 19.7 Å². The number of ether oxygens (including phenoxy) is 1. The van der Waals surface area contributed by atoms with Gasteiger partial charge in [0.25, 0.3) is 0 Å². The molecule has 0 aromatic heterocycles. The lowest BCUT2D eigenvalue weighted by atomic mass is 10.2. The fraction of sp³-hybridized carbons (Fsp3) is 0.143. The van der Waals surface area contributed by atoms with Crippen molar-refractivity contribution >= 4 is 15.9 Å². The zero-order chi connectivity index (χ0) is 16.6. The summed E-state index contributed by atoms with van der Waals surface area (Å²) in [4.78, 5) is 0. The molecule has 24 heavy (non-hydrogen) atoms. The average molecular weight is 382 g/mol. The van der Waals surface area contributed by atoms with E-state index in [0.717, 1.165) is 28.9 Å². The van der Waals surface area contributed by atoms with Crippen LogP contribution in [0.2, 0.25) is 0 Å². The SMILES string of the molecule is Brc1ccc(COc2ccc(CNCc3ccccc3)cc2)cc1. The maximum atomic E-state index is 5.82. The highest BCUT2D eigenvalue weighted by atomic mass is 79.9. The molecule has 0 heterocycles. The topological polar surface area (TPSA) is 21.3 Å². The van der Waals surface area contributed by atoms with Gasteiger partial charge in [-0.3, -0.25) is 0 Å². The van der Waals surface area contributed by atoms with Gasteiger partial charge in [-0.15, -0.1) is 0 Å². The summed E-state index contributed by atoms with van der Waals surface area (Å²) < 4.78 is 6.91. The molecule has 0 amide bonds. The molecule has 0 aliphatic rings. The van der Waals surface area contributed by atoms with Crippen LogP contribution in [0.15, 0.2) is 83.3 Å². The van der Waals surface area contributed by atoms with E-state index in [2.05, 4.69) is 69.8 Å². The van der Waals surface area contributed by atoms with Crippen LogP contribution in [0.4, 0.5) is 0 Å². The first-order chi connectivity index (χ1) is 11.8. The molecule has 0 atom stereocenters. The van der Waals surface area contributed by atoms with Crippen LogP contribution in [-0.4, -0.2) is 0 Å². The Morgan fingerprint density at radius 1 is 0.667 bits per heavy atom. The van der Waals surface area contributed by atoms with E-state index in [1.807, 2.05) is 30.3 Å². The van der Waals surface area contributed by atoms with Crippen LogP contribution in [0.1, 0.15) is 16.7 Å². The third-order valence-corrected chi connectivity index (χ3v) is 4.27. The minimum Gasteiger partial charge on any atom is -0.489 e. The van der Waals surface area contributed by atoms with Crippen molar-refractivity contribution in [1.29, 1.82) is 0 Å². The summed E-state index contributed by atoms with van der Waals surface area (Å²) in [5.41, 5.74) is 3.71. The van der Waals surface area contributed by atoms with Crippen LogP contribution in [-0.2, 0) is 19.7 Å². The van der Waals surface area contributed by atoms with E-state index in [0.29, 0.717) is 6.61 Å². The Morgan fingerprint density at radius 2 is 1.25 bits per heavy atom. The lowest BCUT2D eigenvalue weighted by Gasteiger charge is -2.08. The van der Waals surface area contributed by atoms with Crippen molar-refractivity contribution in [2.24, 2.45) is 0 Å². The van der Waals surface area contributed by atoms with E-state index >= 15 is 0 Å². The molecule has 0 saturated carbocycles. The highest BCUT2D eigenvalue weighted by molar-refractivity contribution is 9.10. The fourth-order valence-electron chi connectivity index (χ4n) is 2.40. The second-order valence-electron chi connectivity index (χ2n) is 5.65. The number of halogens is 1. The van der Waals surface area contributed by atoms with Crippen molar-refractivity contribution in [2.75, 3.05) is 0 Å². The van der Waals surface area contributed by atoms with Crippen LogP contribution in [0.25, 0.3) is 0 Å². The lowest BCUT2D eigenvalue weighted by Crippen LogP contribution is -2.12. The van der Waals surface area contributed by atoms with Gasteiger partial charge in [0.2, 0.25) is 0 Å². The van der Waals surface area contributed by atoms with Gasteiger partial charge in [-0.2, -0.15) is 0 Å². The summed E-state index contributed by atoms with van der Waals surface area (Å²) in [7, 11) is 0. The van der Waals surface area contributed by atoms with Crippen molar-refractivity contribution in [3.8, 4) is 5.75 Å². The smallest absolute Gasteiger partial charge is 0.119 e. The van der Waals surface area contributed by atoms with Crippen LogP contribution in [0, 0.1) is 0 Å². The Labute approximate surface area is 151 Å². The van der Waals surface area contributed by atoms with Crippen molar-refractivity contribution in [3.63, 3.8) is 0 Å². The molecule has 0 unspecified atom stereocenters. The predicted molar refractivity (Wildman–Crippen MR) is 102 cm³/mol. The molecule has 3 heteroatoms. The summed E-state index contributed by atoms with van der Waals surface area (Å²) in [6, 6.07) is 26.9. The van der Waals surface area contributed by atoms with Gasteiger partial charge in [0.1, 0.15) is 12.4 Å². The van der Waals surface area contributed by atoms with E-state index in [1.54, 1.807) is 0 Å². The largest absolute Gasteiger partial charge is 0.489 e. The summed E-state index contributed by atoms with van der Waals surface area (Å²) in [5.74, 6) is 0.893. The number of hydrogen-bond acceptors (Lipinski definition) is 2. The maximum Gasteiger partial charge on any atom is 0.119 e. The Kier molecular flexibility index (Phi) is 6.05. The molecule has 0 aliphatic heterocycles. The van der Waals surface area contributed by atoms with Crippen LogP contribution < -0.4 is 10.1 Å². The third-order valence-electron chi connectivity index (χ3n) is 3.74. The van der Waals surface area contributed by atoms with E-state index in [1.165, 1.54) is 11.1 Å². The molecule has 0 bridgehead atoms. The molecule has 0 spiro atoms. The Bertz CT molecular complexity index is 739. The van der Waals surface area contributed by atoms with Crippen molar-refractivity contribution in [1.82, 2.24) is 5.32 Å². The molecule has 2 nitrogen and oxygen atoms in total. The van der Waals surface area contributed by atoms with Gasteiger partial charge in [-0.25, -0.2) is 0 Å². The summed E-state index contributed by atoms with van der Waals surface area (Å²) in [6.45, 7) is 2.31. The molecular weight excluding hydrogens is 362 g/mol. The zero-order valence-corrected chi connectivity index (χ0v) is 15.0. The van der Waals surface area contributed by atoms with Gasteiger partial charge in [0, 0.05) is 17.6 Å². The second-order valence-corrected chi connectivity index (χ2v) is 6.56. The van der Waals surface area contributed by atoms with Crippen LogP contribution >= 0.6 is 15.9 Å². The molecular formula is C21H20BrNO.